The van der Waals surface area contributed by atoms with Crippen molar-refractivity contribution in [2.45, 2.75) is 47.5 Å². The maximum Gasteiger partial charge on any atom is 0.0471 e. The van der Waals surface area contributed by atoms with Crippen molar-refractivity contribution in [2.75, 3.05) is 0 Å². The summed E-state index contributed by atoms with van der Waals surface area (Å²) in [5.41, 5.74) is 2.85. The Balaban J connectivity index is 3.17. The van der Waals surface area contributed by atoms with Crippen LogP contribution in [0, 0.1) is 18.3 Å². The molecule has 1 unspecified atom stereocenters. The molecule has 1 atom stereocenters. The molecule has 0 amide bonds. The zero-order valence-corrected chi connectivity index (χ0v) is 10.8. The van der Waals surface area contributed by atoms with Crippen molar-refractivity contribution in [1.29, 1.82) is 0 Å². The summed E-state index contributed by atoms with van der Waals surface area (Å²) < 4.78 is 0. The van der Waals surface area contributed by atoms with Gasteiger partial charge in [0.15, 0.2) is 0 Å². The molecular weight excluding hydrogens is 182 g/mol. The molecule has 0 aliphatic rings. The molecule has 0 N–H and O–H groups in total. The normalized spacial score (nSPS) is 14.3. The Kier molecular flexibility index (Phi) is 3.54. The van der Waals surface area contributed by atoms with E-state index in [1.165, 1.54) is 11.3 Å². The van der Waals surface area contributed by atoms with Gasteiger partial charge in [-0.2, -0.15) is 0 Å². The van der Waals surface area contributed by atoms with Crippen molar-refractivity contribution in [3.05, 3.63) is 29.6 Å². The summed E-state index contributed by atoms with van der Waals surface area (Å²) in [5.74, 6) is 1.15. The first-order valence-corrected chi connectivity index (χ1v) is 5.75. The fraction of sp³-hybridized carbons (Fsp3) is 0.643. The second-order valence-electron chi connectivity index (χ2n) is 5.79. The summed E-state index contributed by atoms with van der Waals surface area (Å²) in [4.78, 5) is 4.57. The molecule has 0 bridgehead atoms. The molecule has 1 heteroatoms. The fourth-order valence-corrected chi connectivity index (χ4v) is 2.55. The first kappa shape index (κ1) is 12.2. The Hall–Kier alpha value is -0.850. The van der Waals surface area contributed by atoms with Crippen LogP contribution < -0.4 is 0 Å². The van der Waals surface area contributed by atoms with Crippen molar-refractivity contribution in [3.8, 4) is 0 Å². The van der Waals surface area contributed by atoms with Gasteiger partial charge in [-0.1, -0.05) is 40.7 Å². The van der Waals surface area contributed by atoms with Crippen molar-refractivity contribution in [1.82, 2.24) is 4.98 Å². The van der Waals surface area contributed by atoms with Crippen LogP contribution in [0.1, 0.15) is 51.8 Å². The lowest BCUT2D eigenvalue weighted by Crippen LogP contribution is -2.25. The van der Waals surface area contributed by atoms with E-state index in [-0.39, 0.29) is 5.41 Å². The second kappa shape index (κ2) is 4.34. The number of aryl methyl sites for hydroxylation is 1. The van der Waals surface area contributed by atoms with E-state index in [0.29, 0.717) is 11.8 Å². The van der Waals surface area contributed by atoms with Gasteiger partial charge in [-0.3, -0.25) is 4.98 Å². The first-order chi connectivity index (χ1) is 6.84. The lowest BCUT2D eigenvalue weighted by molar-refractivity contribution is 0.252. The highest BCUT2D eigenvalue weighted by Gasteiger charge is 2.30. The van der Waals surface area contributed by atoms with Gasteiger partial charge in [0.2, 0.25) is 0 Å². The molecule has 0 saturated heterocycles. The minimum absolute atomic E-state index is 0.271. The predicted octanol–water partition coefficient (Wildman–Crippen LogP) is 4.18. The minimum atomic E-state index is 0.271. The molecule has 0 radical (unpaired) electrons. The molecule has 1 aromatic heterocycles. The van der Waals surface area contributed by atoms with Crippen LogP contribution in [0.15, 0.2) is 18.3 Å². The van der Waals surface area contributed by atoms with E-state index in [4.69, 9.17) is 0 Å². The van der Waals surface area contributed by atoms with Gasteiger partial charge >= 0.3 is 0 Å². The van der Waals surface area contributed by atoms with Crippen LogP contribution in [0.3, 0.4) is 0 Å². The Morgan fingerprint density at radius 1 is 1.20 bits per heavy atom. The monoisotopic (exact) mass is 205 g/mol. The van der Waals surface area contributed by atoms with E-state index in [2.05, 4.69) is 52.6 Å². The minimum Gasteiger partial charge on any atom is -0.261 e. The summed E-state index contributed by atoms with van der Waals surface area (Å²) in [6, 6.07) is 4.17. The van der Waals surface area contributed by atoms with E-state index in [1.807, 2.05) is 12.3 Å². The van der Waals surface area contributed by atoms with Crippen LogP contribution in [0.25, 0.3) is 0 Å². The van der Waals surface area contributed by atoms with Crippen molar-refractivity contribution < 1.29 is 0 Å². The highest BCUT2D eigenvalue weighted by molar-refractivity contribution is 5.23. The van der Waals surface area contributed by atoms with Gasteiger partial charge in [0.1, 0.15) is 0 Å². The number of hydrogen-bond acceptors (Lipinski definition) is 1. The number of nitrogens with zero attached hydrogens (tertiary/aromatic N) is 1. The van der Waals surface area contributed by atoms with E-state index in [1.54, 1.807) is 0 Å². The molecule has 1 aromatic rings. The van der Waals surface area contributed by atoms with Crippen LogP contribution in [0.2, 0.25) is 0 Å². The fourth-order valence-electron chi connectivity index (χ4n) is 2.55. The van der Waals surface area contributed by atoms with Gasteiger partial charge < -0.3 is 0 Å². The summed E-state index contributed by atoms with van der Waals surface area (Å²) in [6.45, 7) is 13.6. The maximum absolute atomic E-state index is 4.57. The molecule has 0 aromatic carbocycles. The average Bonchev–Trinajstić information content (AvgIpc) is 2.05. The smallest absolute Gasteiger partial charge is 0.0471 e. The van der Waals surface area contributed by atoms with Gasteiger partial charge in [0.25, 0.3) is 0 Å². The van der Waals surface area contributed by atoms with Crippen LogP contribution in [0.5, 0.6) is 0 Å². The zero-order chi connectivity index (χ0) is 11.6. The zero-order valence-electron chi connectivity index (χ0n) is 10.8. The predicted molar refractivity (Wildman–Crippen MR) is 66.0 cm³/mol. The molecule has 1 nitrogen and oxygen atoms in total. The molecule has 15 heavy (non-hydrogen) atoms. The molecule has 1 heterocycles. The topological polar surface area (TPSA) is 12.9 Å². The summed E-state index contributed by atoms with van der Waals surface area (Å²) in [6.07, 6.45) is 1.91. The highest BCUT2D eigenvalue weighted by atomic mass is 14.7. The van der Waals surface area contributed by atoms with E-state index < -0.39 is 0 Å². The quantitative estimate of drug-likeness (QED) is 0.706. The van der Waals surface area contributed by atoms with Crippen LogP contribution in [0.4, 0.5) is 0 Å². The maximum atomic E-state index is 4.57. The SMILES string of the molecule is Cc1cccnc1C(C(C)C)C(C)(C)C. The van der Waals surface area contributed by atoms with Gasteiger partial charge in [0, 0.05) is 17.8 Å². The number of rotatable bonds is 2. The first-order valence-electron chi connectivity index (χ1n) is 5.75. The summed E-state index contributed by atoms with van der Waals surface area (Å²) in [5, 5.41) is 0. The van der Waals surface area contributed by atoms with Crippen LogP contribution in [-0.4, -0.2) is 4.98 Å². The molecule has 0 saturated carbocycles. The molecule has 0 aliphatic carbocycles. The molecule has 84 valence electrons. The highest BCUT2D eigenvalue weighted by Crippen LogP contribution is 2.40. The summed E-state index contributed by atoms with van der Waals surface area (Å²) >= 11 is 0. The third-order valence-corrected chi connectivity index (χ3v) is 2.94. The Bertz CT molecular complexity index is 320. The third kappa shape index (κ3) is 2.80. The summed E-state index contributed by atoms with van der Waals surface area (Å²) in [7, 11) is 0. The molecule has 1 rings (SSSR count). The molecule has 0 aliphatic heterocycles. The third-order valence-electron chi connectivity index (χ3n) is 2.94. The Morgan fingerprint density at radius 2 is 1.80 bits per heavy atom. The average molecular weight is 205 g/mol. The van der Waals surface area contributed by atoms with Crippen molar-refractivity contribution in [3.63, 3.8) is 0 Å². The second-order valence-corrected chi connectivity index (χ2v) is 5.79. The molecular formula is C14H23N. The molecule has 0 fully saturated rings. The van der Waals surface area contributed by atoms with Crippen molar-refractivity contribution in [2.24, 2.45) is 11.3 Å². The van der Waals surface area contributed by atoms with E-state index in [9.17, 15) is 0 Å². The van der Waals surface area contributed by atoms with E-state index in [0.717, 1.165) is 0 Å². The van der Waals surface area contributed by atoms with Gasteiger partial charge in [-0.15, -0.1) is 0 Å². The number of hydrogen-bond donors (Lipinski definition) is 0. The number of aromatic nitrogens is 1. The van der Waals surface area contributed by atoms with Crippen molar-refractivity contribution >= 4 is 0 Å². The Labute approximate surface area is 93.9 Å². The lowest BCUT2D eigenvalue weighted by Gasteiger charge is -2.34. The Morgan fingerprint density at radius 3 is 2.20 bits per heavy atom. The van der Waals surface area contributed by atoms with Crippen LogP contribution in [-0.2, 0) is 0 Å². The van der Waals surface area contributed by atoms with Gasteiger partial charge in [0.05, 0.1) is 0 Å². The largest absolute Gasteiger partial charge is 0.261 e. The van der Waals surface area contributed by atoms with Gasteiger partial charge in [-0.05, 0) is 29.9 Å². The van der Waals surface area contributed by atoms with Crippen LogP contribution >= 0.6 is 0 Å². The number of pyridine rings is 1. The standard InChI is InChI=1S/C14H23N/c1-10(2)12(14(4,5)6)13-11(3)8-7-9-15-13/h7-10,12H,1-6H3. The van der Waals surface area contributed by atoms with Gasteiger partial charge in [-0.25, -0.2) is 0 Å². The molecule has 0 spiro atoms. The lowest BCUT2D eigenvalue weighted by atomic mass is 9.71. The van der Waals surface area contributed by atoms with E-state index >= 15 is 0 Å².